The van der Waals surface area contributed by atoms with Crippen molar-refractivity contribution in [3.05, 3.63) is 48.2 Å². The maximum atomic E-state index is 12.6. The molecule has 0 spiro atoms. The Hall–Kier alpha value is -2.04. The van der Waals surface area contributed by atoms with Crippen molar-refractivity contribution >= 4 is 0 Å². The van der Waals surface area contributed by atoms with Crippen molar-refractivity contribution in [2.45, 2.75) is 6.18 Å². The Morgan fingerprint density at radius 1 is 1.11 bits per heavy atom. The van der Waals surface area contributed by atoms with Crippen LogP contribution in [-0.2, 0) is 6.18 Å². The zero-order chi connectivity index (χ0) is 13.2. The molecule has 0 aliphatic rings. The third-order valence-electron chi connectivity index (χ3n) is 2.45. The molecule has 0 bridgehead atoms. The molecule has 94 valence electrons. The number of aromatic nitrogens is 1. The Balaban J connectivity index is 2.51. The van der Waals surface area contributed by atoms with E-state index in [1.54, 1.807) is 18.2 Å². The summed E-state index contributed by atoms with van der Waals surface area (Å²) >= 11 is 0. The third kappa shape index (κ3) is 2.45. The number of methoxy groups -OCH3 is 1. The van der Waals surface area contributed by atoms with Crippen LogP contribution in [0, 0.1) is 0 Å². The van der Waals surface area contributed by atoms with E-state index < -0.39 is 11.7 Å². The fourth-order valence-electron chi connectivity index (χ4n) is 1.61. The van der Waals surface area contributed by atoms with Crippen molar-refractivity contribution in [3.8, 4) is 17.0 Å². The van der Waals surface area contributed by atoms with E-state index in [1.165, 1.54) is 19.4 Å². The lowest BCUT2D eigenvalue weighted by molar-refractivity contribution is -0.137. The molecule has 1 heterocycles. The quantitative estimate of drug-likeness (QED) is 0.812. The van der Waals surface area contributed by atoms with E-state index in [2.05, 4.69) is 4.98 Å². The summed E-state index contributed by atoms with van der Waals surface area (Å²) in [6, 6.07) is 8.33. The Morgan fingerprint density at radius 2 is 1.89 bits per heavy atom. The Labute approximate surface area is 102 Å². The molecule has 18 heavy (non-hydrogen) atoms. The van der Waals surface area contributed by atoms with Crippen LogP contribution < -0.4 is 4.74 Å². The summed E-state index contributed by atoms with van der Waals surface area (Å²) < 4.78 is 42.9. The molecule has 0 radical (unpaired) electrons. The van der Waals surface area contributed by atoms with Gasteiger partial charge in [-0.15, -0.1) is 0 Å². The highest BCUT2D eigenvalue weighted by Gasteiger charge is 2.30. The monoisotopic (exact) mass is 253 g/mol. The maximum absolute atomic E-state index is 12.6. The number of halogens is 3. The van der Waals surface area contributed by atoms with E-state index in [9.17, 15) is 13.2 Å². The molecule has 0 saturated heterocycles. The minimum atomic E-state index is -4.36. The lowest BCUT2D eigenvalue weighted by atomic mass is 10.1. The molecule has 1 aromatic carbocycles. The zero-order valence-corrected chi connectivity index (χ0v) is 9.53. The molecule has 0 aliphatic heterocycles. The number of rotatable bonds is 2. The number of hydrogen-bond donors (Lipinski definition) is 0. The minimum Gasteiger partial charge on any atom is -0.494 e. The highest BCUT2D eigenvalue weighted by atomic mass is 19.4. The van der Waals surface area contributed by atoms with E-state index in [1.807, 2.05) is 0 Å². The summed E-state index contributed by atoms with van der Waals surface area (Å²) in [5.41, 5.74) is 0.0704. The molecular formula is C13H10F3NO. The van der Waals surface area contributed by atoms with Gasteiger partial charge < -0.3 is 4.74 Å². The fourth-order valence-corrected chi connectivity index (χ4v) is 1.61. The number of nitrogens with zero attached hydrogens (tertiary/aromatic N) is 1. The first-order chi connectivity index (χ1) is 8.52. The summed E-state index contributed by atoms with van der Waals surface area (Å²) in [6.45, 7) is 0. The lowest BCUT2D eigenvalue weighted by Gasteiger charge is -2.10. The molecule has 1 aromatic heterocycles. The van der Waals surface area contributed by atoms with Crippen LogP contribution in [0.15, 0.2) is 42.6 Å². The van der Waals surface area contributed by atoms with Gasteiger partial charge in [-0.1, -0.05) is 12.1 Å². The Morgan fingerprint density at radius 3 is 2.56 bits per heavy atom. The van der Waals surface area contributed by atoms with E-state index >= 15 is 0 Å². The van der Waals surface area contributed by atoms with Crippen molar-refractivity contribution in [1.29, 1.82) is 0 Å². The van der Waals surface area contributed by atoms with Crippen LogP contribution in [-0.4, -0.2) is 12.1 Å². The Bertz CT molecular complexity index is 552. The predicted molar refractivity (Wildman–Crippen MR) is 61.2 cm³/mol. The van der Waals surface area contributed by atoms with E-state index in [0.717, 1.165) is 12.1 Å². The van der Waals surface area contributed by atoms with Gasteiger partial charge in [0.2, 0.25) is 0 Å². The topological polar surface area (TPSA) is 22.1 Å². The molecule has 0 atom stereocenters. The normalized spacial score (nSPS) is 11.3. The summed E-state index contributed by atoms with van der Waals surface area (Å²) in [7, 11) is 1.45. The summed E-state index contributed by atoms with van der Waals surface area (Å²) in [6.07, 6.45) is -2.85. The molecule has 5 heteroatoms. The molecule has 0 saturated carbocycles. The van der Waals surface area contributed by atoms with Crippen molar-refractivity contribution in [2.75, 3.05) is 7.11 Å². The van der Waals surface area contributed by atoms with Crippen molar-refractivity contribution < 1.29 is 17.9 Å². The van der Waals surface area contributed by atoms with Crippen molar-refractivity contribution in [3.63, 3.8) is 0 Å². The molecule has 2 rings (SSSR count). The van der Waals surface area contributed by atoms with E-state index in [0.29, 0.717) is 17.0 Å². The van der Waals surface area contributed by atoms with Crippen LogP contribution in [0.3, 0.4) is 0 Å². The van der Waals surface area contributed by atoms with Gasteiger partial charge in [-0.25, -0.2) is 0 Å². The smallest absolute Gasteiger partial charge is 0.416 e. The summed E-state index contributed by atoms with van der Waals surface area (Å²) in [5, 5.41) is 0. The molecule has 0 fully saturated rings. The average Bonchev–Trinajstić information content (AvgIpc) is 2.38. The molecular weight excluding hydrogens is 243 g/mol. The van der Waals surface area contributed by atoms with Gasteiger partial charge >= 0.3 is 6.18 Å². The zero-order valence-electron chi connectivity index (χ0n) is 9.53. The highest BCUT2D eigenvalue weighted by molar-refractivity contribution is 5.66. The maximum Gasteiger partial charge on any atom is 0.416 e. The van der Waals surface area contributed by atoms with Crippen LogP contribution in [0.25, 0.3) is 11.3 Å². The minimum absolute atomic E-state index is 0.377. The molecule has 2 nitrogen and oxygen atoms in total. The number of pyridine rings is 1. The second-order valence-corrected chi connectivity index (χ2v) is 3.63. The molecule has 0 unspecified atom stereocenters. The third-order valence-corrected chi connectivity index (χ3v) is 2.45. The van der Waals surface area contributed by atoms with Gasteiger partial charge in [0, 0.05) is 11.8 Å². The second kappa shape index (κ2) is 4.68. The van der Waals surface area contributed by atoms with Crippen LogP contribution in [0.1, 0.15) is 5.56 Å². The first-order valence-corrected chi connectivity index (χ1v) is 5.19. The van der Waals surface area contributed by atoms with Crippen LogP contribution in [0.5, 0.6) is 5.75 Å². The van der Waals surface area contributed by atoms with Gasteiger partial charge in [-0.05, 0) is 24.3 Å². The molecule has 0 aliphatic carbocycles. The van der Waals surface area contributed by atoms with Crippen LogP contribution in [0.2, 0.25) is 0 Å². The van der Waals surface area contributed by atoms with Crippen LogP contribution >= 0.6 is 0 Å². The first kappa shape index (κ1) is 12.4. The van der Waals surface area contributed by atoms with Crippen LogP contribution in [0.4, 0.5) is 13.2 Å². The summed E-state index contributed by atoms with van der Waals surface area (Å²) in [5.74, 6) is 0.442. The number of benzene rings is 1. The van der Waals surface area contributed by atoms with Gasteiger partial charge in [0.15, 0.2) is 0 Å². The summed E-state index contributed by atoms with van der Waals surface area (Å²) in [4.78, 5) is 4.05. The Kier molecular flexibility index (Phi) is 3.23. The van der Waals surface area contributed by atoms with Gasteiger partial charge in [0.05, 0.1) is 12.7 Å². The number of ether oxygens (including phenoxy) is 1. The van der Waals surface area contributed by atoms with Gasteiger partial charge in [0.1, 0.15) is 11.4 Å². The fraction of sp³-hybridized carbons (Fsp3) is 0.154. The number of hydrogen-bond acceptors (Lipinski definition) is 2. The second-order valence-electron chi connectivity index (χ2n) is 3.63. The average molecular weight is 253 g/mol. The first-order valence-electron chi connectivity index (χ1n) is 5.19. The molecule has 0 N–H and O–H groups in total. The standard InChI is InChI=1S/C13H10F3NO/c1-18-11-6-3-7-17-12(11)9-4-2-5-10(8-9)13(14,15)16/h2-8H,1H3. The predicted octanol–water partition coefficient (Wildman–Crippen LogP) is 3.78. The largest absolute Gasteiger partial charge is 0.494 e. The van der Waals surface area contributed by atoms with Crippen molar-refractivity contribution in [1.82, 2.24) is 4.98 Å². The van der Waals surface area contributed by atoms with Gasteiger partial charge in [-0.3, -0.25) is 4.98 Å². The molecule has 0 amide bonds. The van der Waals surface area contributed by atoms with Gasteiger partial charge in [-0.2, -0.15) is 13.2 Å². The van der Waals surface area contributed by atoms with E-state index in [4.69, 9.17) is 4.74 Å². The lowest BCUT2D eigenvalue weighted by Crippen LogP contribution is -2.04. The molecule has 2 aromatic rings. The van der Waals surface area contributed by atoms with Gasteiger partial charge in [0.25, 0.3) is 0 Å². The van der Waals surface area contributed by atoms with Crippen molar-refractivity contribution in [2.24, 2.45) is 0 Å². The SMILES string of the molecule is COc1cccnc1-c1cccc(C(F)(F)F)c1. The van der Waals surface area contributed by atoms with E-state index in [-0.39, 0.29) is 0 Å². The number of alkyl halides is 3. The highest BCUT2D eigenvalue weighted by Crippen LogP contribution is 2.33.